The van der Waals surface area contributed by atoms with E-state index < -0.39 is 0 Å². The summed E-state index contributed by atoms with van der Waals surface area (Å²) in [7, 11) is 0. The van der Waals surface area contributed by atoms with Crippen LogP contribution in [0.1, 0.15) is 5.69 Å². The number of aliphatic imine (C=N–C) groups is 1. The van der Waals surface area contributed by atoms with Gasteiger partial charge in [-0.25, -0.2) is 4.98 Å². The van der Waals surface area contributed by atoms with Crippen molar-refractivity contribution in [2.45, 2.75) is 0 Å². The average molecular weight is 317 g/mol. The predicted octanol–water partition coefficient (Wildman–Crippen LogP) is 3.82. The zero-order chi connectivity index (χ0) is 16.2. The van der Waals surface area contributed by atoms with Crippen LogP contribution in [-0.2, 0) is 4.74 Å². The Labute approximate surface area is 141 Å². The first kappa shape index (κ1) is 14.8. The monoisotopic (exact) mass is 317 g/mol. The summed E-state index contributed by atoms with van der Waals surface area (Å²) in [6.07, 6.45) is 1.82. The molecule has 2 heterocycles. The number of ether oxygens (including phenoxy) is 1. The number of aromatic nitrogens is 1. The van der Waals surface area contributed by atoms with E-state index in [2.05, 4.69) is 39.1 Å². The molecule has 0 N–H and O–H groups in total. The highest BCUT2D eigenvalue weighted by molar-refractivity contribution is 5.86. The highest BCUT2D eigenvalue weighted by Crippen LogP contribution is 2.20. The van der Waals surface area contributed by atoms with E-state index in [0.29, 0.717) is 0 Å². The molecule has 0 unspecified atom stereocenters. The molecule has 1 aromatic heterocycles. The molecule has 4 rings (SSSR count). The third-order valence-corrected chi connectivity index (χ3v) is 4.19. The van der Waals surface area contributed by atoms with Crippen LogP contribution in [0.5, 0.6) is 0 Å². The first-order valence-electron chi connectivity index (χ1n) is 8.21. The summed E-state index contributed by atoms with van der Waals surface area (Å²) in [6.45, 7) is 3.49. The number of nitrogens with zero attached hydrogens (tertiary/aromatic N) is 3. The molecule has 1 saturated heterocycles. The van der Waals surface area contributed by atoms with E-state index in [1.54, 1.807) is 0 Å². The molecule has 4 heteroatoms. The van der Waals surface area contributed by atoms with Crippen LogP contribution in [-0.4, -0.2) is 37.5 Å². The van der Waals surface area contributed by atoms with E-state index in [4.69, 9.17) is 4.74 Å². The molecular weight excluding hydrogens is 298 g/mol. The zero-order valence-corrected chi connectivity index (χ0v) is 13.4. The van der Waals surface area contributed by atoms with Crippen LogP contribution < -0.4 is 4.90 Å². The van der Waals surface area contributed by atoms with Gasteiger partial charge in [0.25, 0.3) is 0 Å². The van der Waals surface area contributed by atoms with Crippen molar-refractivity contribution >= 4 is 28.5 Å². The second kappa shape index (κ2) is 6.81. The highest BCUT2D eigenvalue weighted by atomic mass is 16.5. The largest absolute Gasteiger partial charge is 0.378 e. The zero-order valence-electron chi connectivity index (χ0n) is 13.4. The lowest BCUT2D eigenvalue weighted by Gasteiger charge is -2.28. The number of benzene rings is 2. The van der Waals surface area contributed by atoms with Crippen LogP contribution in [0.3, 0.4) is 0 Å². The molecule has 2 aromatic carbocycles. The molecule has 1 fully saturated rings. The molecular formula is C20H19N3O. The summed E-state index contributed by atoms with van der Waals surface area (Å²) in [5.41, 5.74) is 4.01. The Balaban J connectivity index is 1.50. The number of pyridine rings is 1. The maximum absolute atomic E-state index is 5.39. The molecule has 1 aliphatic rings. The molecule has 3 aromatic rings. The normalized spacial score (nSPS) is 15.2. The van der Waals surface area contributed by atoms with E-state index in [-0.39, 0.29) is 0 Å². The molecule has 0 bridgehead atoms. The molecule has 0 spiro atoms. The summed E-state index contributed by atoms with van der Waals surface area (Å²) in [4.78, 5) is 11.5. The minimum Gasteiger partial charge on any atom is -0.378 e. The van der Waals surface area contributed by atoms with Crippen molar-refractivity contribution in [1.29, 1.82) is 0 Å². The van der Waals surface area contributed by atoms with Gasteiger partial charge in [0.15, 0.2) is 0 Å². The molecule has 24 heavy (non-hydrogen) atoms. The Morgan fingerprint density at radius 3 is 2.54 bits per heavy atom. The van der Waals surface area contributed by atoms with Crippen molar-refractivity contribution in [2.75, 3.05) is 31.2 Å². The fourth-order valence-electron chi connectivity index (χ4n) is 2.87. The van der Waals surface area contributed by atoms with Gasteiger partial charge in [0.1, 0.15) is 0 Å². The fourth-order valence-corrected chi connectivity index (χ4v) is 2.87. The summed E-state index contributed by atoms with van der Waals surface area (Å²) >= 11 is 0. The number of morpholine rings is 1. The van der Waals surface area contributed by atoms with Crippen molar-refractivity contribution in [2.24, 2.45) is 4.99 Å². The van der Waals surface area contributed by atoms with Gasteiger partial charge in [0.2, 0.25) is 0 Å². The third-order valence-electron chi connectivity index (χ3n) is 4.19. The smallest absolute Gasteiger partial charge is 0.0820 e. The van der Waals surface area contributed by atoms with Crippen LogP contribution in [0.15, 0.2) is 65.7 Å². The SMILES string of the molecule is C(=Nc1ccc(N2CCOCC2)cc1)c1ccc2ccccc2n1. The van der Waals surface area contributed by atoms with Gasteiger partial charge in [0, 0.05) is 24.2 Å². The third kappa shape index (κ3) is 3.29. The maximum atomic E-state index is 5.39. The van der Waals surface area contributed by atoms with Gasteiger partial charge in [-0.1, -0.05) is 24.3 Å². The second-order valence-corrected chi connectivity index (χ2v) is 5.80. The van der Waals surface area contributed by atoms with Gasteiger partial charge >= 0.3 is 0 Å². The average Bonchev–Trinajstić information content (AvgIpc) is 2.67. The Bertz CT molecular complexity index is 852. The molecule has 0 aliphatic carbocycles. The number of fused-ring (bicyclic) bond motifs is 1. The number of hydrogen-bond acceptors (Lipinski definition) is 4. The van der Waals surface area contributed by atoms with Gasteiger partial charge in [-0.3, -0.25) is 4.99 Å². The lowest BCUT2D eigenvalue weighted by atomic mass is 10.2. The molecule has 0 amide bonds. The van der Waals surface area contributed by atoms with Crippen LogP contribution in [0.2, 0.25) is 0 Å². The van der Waals surface area contributed by atoms with E-state index >= 15 is 0 Å². The quantitative estimate of drug-likeness (QED) is 0.689. The first-order chi connectivity index (χ1) is 11.9. The van der Waals surface area contributed by atoms with E-state index in [9.17, 15) is 0 Å². The molecule has 0 saturated carbocycles. The number of para-hydroxylation sites is 1. The Morgan fingerprint density at radius 1 is 0.917 bits per heavy atom. The fraction of sp³-hybridized carbons (Fsp3) is 0.200. The molecule has 0 radical (unpaired) electrons. The second-order valence-electron chi connectivity index (χ2n) is 5.80. The summed E-state index contributed by atoms with van der Waals surface area (Å²) in [5, 5.41) is 1.14. The van der Waals surface area contributed by atoms with Crippen molar-refractivity contribution in [1.82, 2.24) is 4.98 Å². The number of rotatable bonds is 3. The minimum absolute atomic E-state index is 0.799. The van der Waals surface area contributed by atoms with Crippen LogP contribution in [0.25, 0.3) is 10.9 Å². The highest BCUT2D eigenvalue weighted by Gasteiger charge is 2.10. The molecule has 1 aliphatic heterocycles. The first-order valence-corrected chi connectivity index (χ1v) is 8.21. The number of anilines is 1. The van der Waals surface area contributed by atoms with E-state index in [1.165, 1.54) is 5.69 Å². The minimum atomic E-state index is 0.799. The van der Waals surface area contributed by atoms with Gasteiger partial charge < -0.3 is 9.64 Å². The topological polar surface area (TPSA) is 37.7 Å². The van der Waals surface area contributed by atoms with Crippen LogP contribution in [0.4, 0.5) is 11.4 Å². The predicted molar refractivity (Wildman–Crippen MR) is 98.5 cm³/mol. The van der Waals surface area contributed by atoms with Gasteiger partial charge in [-0.2, -0.15) is 0 Å². The molecule has 120 valence electrons. The molecule has 0 atom stereocenters. The van der Waals surface area contributed by atoms with E-state index in [1.807, 2.05) is 42.6 Å². The molecule has 4 nitrogen and oxygen atoms in total. The number of hydrogen-bond donors (Lipinski definition) is 0. The lowest BCUT2D eigenvalue weighted by Crippen LogP contribution is -2.36. The van der Waals surface area contributed by atoms with Crippen LogP contribution in [0, 0.1) is 0 Å². The van der Waals surface area contributed by atoms with Gasteiger partial charge in [0.05, 0.1) is 36.3 Å². The van der Waals surface area contributed by atoms with Crippen molar-refractivity contribution in [3.05, 3.63) is 66.4 Å². The summed E-state index contributed by atoms with van der Waals surface area (Å²) < 4.78 is 5.39. The standard InChI is InChI=1S/C20H19N3O/c1-2-4-20-16(3-1)5-6-18(22-20)15-21-17-7-9-19(10-8-17)23-11-13-24-14-12-23/h1-10,15H,11-14H2. The van der Waals surface area contributed by atoms with Crippen LogP contribution >= 0.6 is 0 Å². The Kier molecular flexibility index (Phi) is 4.21. The Hall–Kier alpha value is -2.72. The van der Waals surface area contributed by atoms with E-state index in [0.717, 1.165) is 48.6 Å². The summed E-state index contributed by atoms with van der Waals surface area (Å²) in [5.74, 6) is 0. The maximum Gasteiger partial charge on any atom is 0.0820 e. The van der Waals surface area contributed by atoms with Crippen molar-refractivity contribution < 1.29 is 4.74 Å². The Morgan fingerprint density at radius 2 is 1.71 bits per heavy atom. The van der Waals surface area contributed by atoms with Crippen molar-refractivity contribution in [3.8, 4) is 0 Å². The summed E-state index contributed by atoms with van der Waals surface area (Å²) in [6, 6.07) is 20.5. The van der Waals surface area contributed by atoms with Gasteiger partial charge in [-0.05, 0) is 36.4 Å². The lowest BCUT2D eigenvalue weighted by molar-refractivity contribution is 0.122. The van der Waals surface area contributed by atoms with Crippen molar-refractivity contribution in [3.63, 3.8) is 0 Å². The van der Waals surface area contributed by atoms with Gasteiger partial charge in [-0.15, -0.1) is 0 Å².